The Morgan fingerprint density at radius 1 is 1.14 bits per heavy atom. The molecule has 29 heavy (non-hydrogen) atoms. The molecule has 0 unspecified atom stereocenters. The van der Waals surface area contributed by atoms with Crippen LogP contribution >= 0.6 is 23.1 Å². The first kappa shape index (κ1) is 21.8. The number of hydrogen-bond acceptors (Lipinski definition) is 7. The average Bonchev–Trinajstić information content (AvgIpc) is 3.24. The molecular weight excluding hydrogens is 432 g/mol. The van der Waals surface area contributed by atoms with Gasteiger partial charge in [0.1, 0.15) is 9.77 Å². The third-order valence-corrected chi connectivity index (χ3v) is 8.29. The van der Waals surface area contributed by atoms with Crippen molar-refractivity contribution in [1.82, 2.24) is 4.31 Å². The molecule has 2 heterocycles. The van der Waals surface area contributed by atoms with Gasteiger partial charge in [-0.05, 0) is 35.6 Å². The molecule has 7 nitrogen and oxygen atoms in total. The Labute approximate surface area is 178 Å². The van der Waals surface area contributed by atoms with Gasteiger partial charge in [-0.1, -0.05) is 19.1 Å². The number of sulfonamides is 1. The summed E-state index contributed by atoms with van der Waals surface area (Å²) in [4.78, 5) is 24.4. The van der Waals surface area contributed by atoms with Crippen molar-refractivity contribution in [3.8, 4) is 0 Å². The molecule has 156 valence electrons. The minimum Gasteiger partial charge on any atom is -0.451 e. The molecule has 10 heteroatoms. The van der Waals surface area contributed by atoms with Gasteiger partial charge in [-0.15, -0.1) is 11.3 Å². The van der Waals surface area contributed by atoms with E-state index in [-0.39, 0.29) is 9.77 Å². The molecule has 1 fully saturated rings. The summed E-state index contributed by atoms with van der Waals surface area (Å²) < 4.78 is 32.1. The van der Waals surface area contributed by atoms with Gasteiger partial charge >= 0.3 is 5.97 Å². The van der Waals surface area contributed by atoms with E-state index in [0.29, 0.717) is 18.8 Å². The minimum absolute atomic E-state index is 0.0108. The summed E-state index contributed by atoms with van der Waals surface area (Å²) in [7, 11) is -3.76. The van der Waals surface area contributed by atoms with E-state index in [0.717, 1.165) is 34.8 Å². The fourth-order valence-electron chi connectivity index (χ4n) is 2.79. The second-order valence-electron chi connectivity index (χ2n) is 6.31. The van der Waals surface area contributed by atoms with Crippen molar-refractivity contribution in [1.29, 1.82) is 0 Å². The number of thioether (sulfide) groups is 1. The Morgan fingerprint density at radius 2 is 1.83 bits per heavy atom. The molecule has 0 aliphatic carbocycles. The summed E-state index contributed by atoms with van der Waals surface area (Å²) >= 11 is 2.69. The highest BCUT2D eigenvalue weighted by atomic mass is 32.2. The van der Waals surface area contributed by atoms with E-state index in [2.05, 4.69) is 5.32 Å². The highest BCUT2D eigenvalue weighted by molar-refractivity contribution is 7.99. The fraction of sp³-hybridized carbons (Fsp3) is 0.368. The maximum atomic E-state index is 12.8. The number of aryl methyl sites for hydroxylation is 1. The Bertz CT molecular complexity index is 964. The lowest BCUT2D eigenvalue weighted by atomic mass is 10.1. The van der Waals surface area contributed by atoms with Crippen LogP contribution in [0.15, 0.2) is 40.6 Å². The lowest BCUT2D eigenvalue weighted by molar-refractivity contribution is -0.119. The zero-order valence-corrected chi connectivity index (χ0v) is 18.4. The molecule has 3 rings (SSSR count). The van der Waals surface area contributed by atoms with Crippen LogP contribution in [0.2, 0.25) is 0 Å². The number of ether oxygens (including phenoxy) is 1. The van der Waals surface area contributed by atoms with E-state index >= 15 is 0 Å². The summed E-state index contributed by atoms with van der Waals surface area (Å²) in [6.07, 6.45) is 0.897. The van der Waals surface area contributed by atoms with Gasteiger partial charge in [-0.25, -0.2) is 13.2 Å². The van der Waals surface area contributed by atoms with Crippen LogP contribution < -0.4 is 5.32 Å². The minimum atomic E-state index is -3.76. The summed E-state index contributed by atoms with van der Waals surface area (Å²) in [5.74, 6) is 0.142. The number of amides is 1. The van der Waals surface area contributed by atoms with Gasteiger partial charge in [0.25, 0.3) is 5.91 Å². The average molecular weight is 455 g/mol. The van der Waals surface area contributed by atoms with Crippen molar-refractivity contribution in [3.63, 3.8) is 0 Å². The van der Waals surface area contributed by atoms with Gasteiger partial charge in [0, 0.05) is 30.3 Å². The molecule has 1 N–H and O–H groups in total. The molecule has 1 aromatic heterocycles. The number of carbonyl (C=O) groups excluding carboxylic acids is 2. The number of esters is 1. The Kier molecular flexibility index (Phi) is 7.33. The van der Waals surface area contributed by atoms with E-state index in [9.17, 15) is 18.0 Å². The van der Waals surface area contributed by atoms with Crippen LogP contribution in [0.3, 0.4) is 0 Å². The van der Waals surface area contributed by atoms with Gasteiger partial charge in [0.05, 0.1) is 0 Å². The van der Waals surface area contributed by atoms with Gasteiger partial charge in [-0.3, -0.25) is 4.79 Å². The molecule has 0 saturated carbocycles. The topological polar surface area (TPSA) is 92.8 Å². The van der Waals surface area contributed by atoms with E-state index in [1.807, 2.05) is 19.1 Å². The molecular formula is C19H22N2O5S3. The van der Waals surface area contributed by atoms with Gasteiger partial charge < -0.3 is 10.1 Å². The molecule has 2 aromatic rings. The number of hydrogen-bond donors (Lipinski definition) is 1. The maximum Gasteiger partial charge on any atom is 0.350 e. The summed E-state index contributed by atoms with van der Waals surface area (Å²) in [6.45, 7) is 2.37. The first-order chi connectivity index (χ1) is 13.9. The van der Waals surface area contributed by atoms with Crippen LogP contribution in [-0.4, -0.2) is 55.8 Å². The first-order valence-corrected chi connectivity index (χ1v) is 12.6. The largest absolute Gasteiger partial charge is 0.451 e. The predicted octanol–water partition coefficient (Wildman–Crippen LogP) is 2.84. The van der Waals surface area contributed by atoms with Crippen molar-refractivity contribution in [3.05, 3.63) is 46.2 Å². The highest BCUT2D eigenvalue weighted by Gasteiger charge is 2.31. The maximum absolute atomic E-state index is 12.8. The lowest BCUT2D eigenvalue weighted by Gasteiger charge is -2.25. The monoisotopic (exact) mass is 454 g/mol. The molecule has 1 aliphatic rings. The van der Waals surface area contributed by atoms with Crippen molar-refractivity contribution in [2.24, 2.45) is 0 Å². The van der Waals surface area contributed by atoms with Crippen molar-refractivity contribution in [2.75, 3.05) is 36.5 Å². The van der Waals surface area contributed by atoms with Gasteiger partial charge in [0.2, 0.25) is 10.0 Å². The third-order valence-electron chi connectivity index (χ3n) is 4.38. The van der Waals surface area contributed by atoms with Crippen LogP contribution in [0.5, 0.6) is 0 Å². The third kappa shape index (κ3) is 5.39. The van der Waals surface area contributed by atoms with Crippen molar-refractivity contribution >= 4 is 50.7 Å². The number of thiophene rings is 1. The molecule has 0 radical (unpaired) electrons. The second-order valence-corrected chi connectivity index (χ2v) is 10.4. The fourth-order valence-corrected chi connectivity index (χ4v) is 6.65. The van der Waals surface area contributed by atoms with Gasteiger partial charge in [-0.2, -0.15) is 16.1 Å². The number of benzene rings is 1. The predicted molar refractivity (Wildman–Crippen MR) is 115 cm³/mol. The van der Waals surface area contributed by atoms with Crippen LogP contribution in [-0.2, 0) is 26.0 Å². The zero-order chi connectivity index (χ0) is 20.9. The van der Waals surface area contributed by atoms with Crippen LogP contribution in [0.1, 0.15) is 22.2 Å². The van der Waals surface area contributed by atoms with Crippen LogP contribution in [0, 0.1) is 0 Å². The summed E-state index contributed by atoms with van der Waals surface area (Å²) in [5, 5.41) is 4.19. The summed E-state index contributed by atoms with van der Waals surface area (Å²) in [6, 6.07) is 8.78. The number of nitrogens with one attached hydrogen (secondary N) is 1. The van der Waals surface area contributed by atoms with E-state index in [1.165, 1.54) is 15.8 Å². The standard InChI is InChI=1S/C19H22N2O5S3/c1-2-14-3-5-15(6-4-14)20-17(22)13-26-19(23)18-16(7-10-28-18)29(24,25)21-8-11-27-12-9-21/h3-7,10H,2,8-9,11-13H2,1H3,(H,20,22). The Morgan fingerprint density at radius 3 is 2.48 bits per heavy atom. The molecule has 0 bridgehead atoms. The first-order valence-electron chi connectivity index (χ1n) is 9.13. The second kappa shape index (κ2) is 9.75. The molecule has 1 aromatic carbocycles. The van der Waals surface area contributed by atoms with Gasteiger partial charge in [0.15, 0.2) is 6.61 Å². The quantitative estimate of drug-likeness (QED) is 0.647. The number of carbonyl (C=O) groups is 2. The number of anilines is 1. The van der Waals surface area contributed by atoms with E-state index in [4.69, 9.17) is 4.74 Å². The van der Waals surface area contributed by atoms with Crippen LogP contribution in [0.4, 0.5) is 5.69 Å². The Balaban J connectivity index is 1.61. The van der Waals surface area contributed by atoms with Crippen LogP contribution in [0.25, 0.3) is 0 Å². The molecule has 1 aliphatic heterocycles. The molecule has 1 amide bonds. The molecule has 0 spiro atoms. The SMILES string of the molecule is CCc1ccc(NC(=O)COC(=O)c2sccc2S(=O)(=O)N2CCSCC2)cc1. The molecule has 0 atom stereocenters. The normalized spacial score (nSPS) is 15.1. The highest BCUT2D eigenvalue weighted by Crippen LogP contribution is 2.27. The lowest BCUT2D eigenvalue weighted by Crippen LogP contribution is -2.38. The van der Waals surface area contributed by atoms with Crippen molar-refractivity contribution in [2.45, 2.75) is 18.2 Å². The Hall–Kier alpha value is -1.88. The number of nitrogens with zero attached hydrogens (tertiary/aromatic N) is 1. The number of rotatable bonds is 7. The van der Waals surface area contributed by atoms with E-state index in [1.54, 1.807) is 23.9 Å². The molecule has 1 saturated heterocycles. The van der Waals surface area contributed by atoms with Crippen molar-refractivity contribution < 1.29 is 22.7 Å². The summed E-state index contributed by atoms with van der Waals surface area (Å²) in [5.41, 5.74) is 1.75. The zero-order valence-electron chi connectivity index (χ0n) is 15.9. The van der Waals surface area contributed by atoms with E-state index < -0.39 is 28.5 Å². The smallest absolute Gasteiger partial charge is 0.350 e.